The summed E-state index contributed by atoms with van der Waals surface area (Å²) in [7, 11) is 0. The number of benzene rings is 3. The number of anilines is 1. The minimum atomic E-state index is -0.840. The van der Waals surface area contributed by atoms with E-state index in [0.29, 0.717) is 21.3 Å². The van der Waals surface area contributed by atoms with E-state index in [4.69, 9.17) is 23.2 Å². The Balaban J connectivity index is 1.51. The van der Waals surface area contributed by atoms with Gasteiger partial charge in [0.05, 0.1) is 28.6 Å². The van der Waals surface area contributed by atoms with Crippen molar-refractivity contribution in [2.75, 3.05) is 4.90 Å². The maximum absolute atomic E-state index is 13.8. The number of carbonyl (C=O) groups excluding carboxylic acids is 3. The third kappa shape index (κ3) is 2.97. The predicted octanol–water partition coefficient (Wildman–Crippen LogP) is 5.39. The quantitative estimate of drug-likeness (QED) is 0.366. The normalized spacial score (nSPS) is 24.8. The van der Waals surface area contributed by atoms with Crippen molar-refractivity contribution in [2.45, 2.75) is 12.1 Å². The molecule has 3 aromatic carbocycles. The Kier molecular flexibility index (Phi) is 4.87. The molecule has 0 saturated carbocycles. The molecule has 3 heterocycles. The first-order valence-corrected chi connectivity index (χ1v) is 11.7. The molecule has 4 atom stereocenters. The van der Waals surface area contributed by atoms with Crippen LogP contribution in [0.4, 0.5) is 5.69 Å². The molecule has 6 rings (SSSR count). The van der Waals surface area contributed by atoms with Gasteiger partial charge in [0.25, 0.3) is 0 Å². The van der Waals surface area contributed by atoms with E-state index in [0.717, 1.165) is 16.0 Å². The van der Waals surface area contributed by atoms with Crippen molar-refractivity contribution in [2.24, 2.45) is 11.8 Å². The highest BCUT2D eigenvalue weighted by Crippen LogP contribution is 2.54. The lowest BCUT2D eigenvalue weighted by Gasteiger charge is -2.35. The van der Waals surface area contributed by atoms with Crippen molar-refractivity contribution in [1.82, 2.24) is 4.90 Å². The summed E-state index contributed by atoms with van der Waals surface area (Å²) in [6.45, 7) is 0. The summed E-state index contributed by atoms with van der Waals surface area (Å²) in [4.78, 5) is 44.5. The zero-order valence-electron chi connectivity index (χ0n) is 17.8. The molecule has 7 heteroatoms. The van der Waals surface area contributed by atoms with Crippen LogP contribution >= 0.6 is 23.2 Å². The number of amides is 2. The summed E-state index contributed by atoms with van der Waals surface area (Å²) in [6, 6.07) is 19.9. The minimum absolute atomic E-state index is 0.222. The van der Waals surface area contributed by atoms with Gasteiger partial charge in [0.15, 0.2) is 5.78 Å². The second-order valence-electron chi connectivity index (χ2n) is 8.67. The Labute approximate surface area is 206 Å². The third-order valence-corrected chi connectivity index (χ3v) is 7.52. The largest absolute Gasteiger partial charge is 0.358 e. The van der Waals surface area contributed by atoms with Gasteiger partial charge in [0, 0.05) is 16.8 Å². The Morgan fingerprint density at radius 3 is 2.24 bits per heavy atom. The monoisotopic (exact) mass is 488 g/mol. The smallest absolute Gasteiger partial charge is 0.240 e. The van der Waals surface area contributed by atoms with Gasteiger partial charge in [-0.1, -0.05) is 59.6 Å². The SMILES string of the molecule is O=C(c1ccc(Cl)cc1)[C@@H]1[C@@H]2C(=O)N(c3ccccc3Cl)C(=O)[C@@H]2C2c3ccccc3C=CN21. The number of hydrogen-bond acceptors (Lipinski definition) is 4. The maximum atomic E-state index is 13.8. The number of nitrogens with zero attached hydrogens (tertiary/aromatic N) is 2. The van der Waals surface area contributed by atoms with Gasteiger partial charge in [-0.3, -0.25) is 14.4 Å². The Bertz CT molecular complexity index is 1380. The number of hydrogen-bond donors (Lipinski definition) is 0. The van der Waals surface area contributed by atoms with E-state index in [1.165, 1.54) is 0 Å². The molecular formula is C27H18Cl2N2O3. The molecule has 2 saturated heterocycles. The van der Waals surface area contributed by atoms with E-state index in [2.05, 4.69) is 0 Å². The highest BCUT2D eigenvalue weighted by atomic mass is 35.5. The van der Waals surface area contributed by atoms with Crippen LogP contribution in [-0.2, 0) is 9.59 Å². The standard InChI is InChI=1S/C27H18Cl2N2O3/c28-17-11-9-16(10-12-17)25(32)24-22-21(23-18-6-2-1-5-15(18)13-14-30(23)24)26(33)31(27(22)34)20-8-4-3-7-19(20)29/h1-14,21-24H/t21-,22+,23?,24-/m0/s1. The molecule has 2 amide bonds. The van der Waals surface area contributed by atoms with Crippen molar-refractivity contribution in [1.29, 1.82) is 0 Å². The molecule has 0 aliphatic carbocycles. The number of fused-ring (bicyclic) bond motifs is 5. The average Bonchev–Trinajstić information content (AvgIpc) is 3.32. The van der Waals surface area contributed by atoms with E-state index in [1.807, 2.05) is 41.4 Å². The van der Waals surface area contributed by atoms with Crippen molar-refractivity contribution < 1.29 is 14.4 Å². The highest BCUT2D eigenvalue weighted by molar-refractivity contribution is 6.36. The van der Waals surface area contributed by atoms with Gasteiger partial charge in [-0.2, -0.15) is 0 Å². The zero-order chi connectivity index (χ0) is 23.6. The number of ketones is 1. The van der Waals surface area contributed by atoms with Crippen molar-refractivity contribution in [3.05, 3.63) is 106 Å². The van der Waals surface area contributed by atoms with Gasteiger partial charge in [0.1, 0.15) is 6.04 Å². The number of para-hydroxylation sites is 1. The van der Waals surface area contributed by atoms with E-state index < -0.39 is 29.8 Å². The van der Waals surface area contributed by atoms with Crippen LogP contribution in [0.25, 0.3) is 6.08 Å². The molecule has 34 heavy (non-hydrogen) atoms. The van der Waals surface area contributed by atoms with Gasteiger partial charge in [-0.05, 0) is 53.6 Å². The van der Waals surface area contributed by atoms with Crippen LogP contribution in [0.5, 0.6) is 0 Å². The Hall–Kier alpha value is -3.41. The summed E-state index contributed by atoms with van der Waals surface area (Å²) < 4.78 is 0. The molecule has 0 N–H and O–H groups in total. The molecule has 0 aromatic heterocycles. The molecule has 3 aromatic rings. The minimum Gasteiger partial charge on any atom is -0.358 e. The van der Waals surface area contributed by atoms with Crippen LogP contribution in [-0.4, -0.2) is 28.5 Å². The molecule has 2 fully saturated rings. The topological polar surface area (TPSA) is 57.7 Å². The molecule has 5 nitrogen and oxygen atoms in total. The van der Waals surface area contributed by atoms with Crippen molar-refractivity contribution in [3.8, 4) is 0 Å². The molecule has 0 bridgehead atoms. The fourth-order valence-corrected chi connectivity index (χ4v) is 5.86. The summed E-state index contributed by atoms with van der Waals surface area (Å²) >= 11 is 12.4. The Morgan fingerprint density at radius 2 is 1.47 bits per heavy atom. The van der Waals surface area contributed by atoms with Crippen LogP contribution in [0.15, 0.2) is 79.0 Å². The lowest BCUT2D eigenvalue weighted by Crippen LogP contribution is -2.44. The first-order chi connectivity index (χ1) is 16.5. The highest BCUT2D eigenvalue weighted by Gasteiger charge is 2.64. The predicted molar refractivity (Wildman–Crippen MR) is 131 cm³/mol. The number of carbonyl (C=O) groups is 3. The van der Waals surface area contributed by atoms with E-state index in [-0.39, 0.29) is 11.7 Å². The van der Waals surface area contributed by atoms with Crippen molar-refractivity contribution in [3.63, 3.8) is 0 Å². The maximum Gasteiger partial charge on any atom is 0.240 e. The van der Waals surface area contributed by atoms with Gasteiger partial charge < -0.3 is 4.90 Å². The third-order valence-electron chi connectivity index (χ3n) is 6.95. The molecule has 0 radical (unpaired) electrons. The summed E-state index contributed by atoms with van der Waals surface area (Å²) in [5.41, 5.74) is 2.68. The van der Waals surface area contributed by atoms with Gasteiger partial charge in [-0.15, -0.1) is 0 Å². The average molecular weight is 489 g/mol. The van der Waals surface area contributed by atoms with Gasteiger partial charge in [0.2, 0.25) is 11.8 Å². The number of imide groups is 1. The lowest BCUT2D eigenvalue weighted by molar-refractivity contribution is -0.123. The van der Waals surface area contributed by atoms with E-state index >= 15 is 0 Å². The van der Waals surface area contributed by atoms with Crippen LogP contribution in [0.1, 0.15) is 27.5 Å². The number of Topliss-reactive ketones (excluding diaryl/α,β-unsaturated/α-hetero) is 1. The fourth-order valence-electron chi connectivity index (χ4n) is 5.51. The summed E-state index contributed by atoms with van der Waals surface area (Å²) in [6.07, 6.45) is 3.76. The van der Waals surface area contributed by atoms with Crippen molar-refractivity contribution >= 4 is 52.6 Å². The summed E-state index contributed by atoms with van der Waals surface area (Å²) in [5.74, 6) is -2.52. The van der Waals surface area contributed by atoms with Crippen LogP contribution in [0, 0.1) is 11.8 Å². The molecule has 0 spiro atoms. The number of rotatable bonds is 3. The van der Waals surface area contributed by atoms with E-state index in [1.54, 1.807) is 48.5 Å². The van der Waals surface area contributed by atoms with E-state index in [9.17, 15) is 14.4 Å². The van der Waals surface area contributed by atoms with Crippen LogP contribution in [0.3, 0.4) is 0 Å². The first-order valence-electron chi connectivity index (χ1n) is 10.9. The first kappa shape index (κ1) is 21.1. The van der Waals surface area contributed by atoms with Gasteiger partial charge >= 0.3 is 0 Å². The second-order valence-corrected chi connectivity index (χ2v) is 9.51. The molecular weight excluding hydrogens is 471 g/mol. The fraction of sp³-hybridized carbons (Fsp3) is 0.148. The summed E-state index contributed by atoms with van der Waals surface area (Å²) in [5, 5.41) is 0.827. The Morgan fingerprint density at radius 1 is 0.794 bits per heavy atom. The second kappa shape index (κ2) is 7.83. The zero-order valence-corrected chi connectivity index (χ0v) is 19.3. The van der Waals surface area contributed by atoms with Crippen LogP contribution in [0.2, 0.25) is 10.0 Å². The number of halogens is 2. The molecule has 1 unspecified atom stereocenters. The molecule has 168 valence electrons. The molecule has 3 aliphatic rings. The van der Waals surface area contributed by atoms with Gasteiger partial charge in [-0.25, -0.2) is 4.90 Å². The lowest BCUT2D eigenvalue weighted by atomic mass is 9.83. The molecule has 3 aliphatic heterocycles. The van der Waals surface area contributed by atoms with Crippen LogP contribution < -0.4 is 4.90 Å².